The van der Waals surface area contributed by atoms with Gasteiger partial charge in [0, 0.05) is 6.61 Å². The first-order valence-electron chi connectivity index (χ1n) is 4.65. The molecule has 0 amide bonds. The van der Waals surface area contributed by atoms with Gasteiger partial charge in [0.2, 0.25) is 11.1 Å². The number of hydrogen-bond donors (Lipinski definition) is 1. The maximum atomic E-state index is 13.1. The summed E-state index contributed by atoms with van der Waals surface area (Å²) in [5.74, 6) is -0.773. The van der Waals surface area contributed by atoms with E-state index in [4.69, 9.17) is 9.29 Å². The average molecular weight is 242 g/mol. The second-order valence-electron chi connectivity index (χ2n) is 3.31. The van der Waals surface area contributed by atoms with Crippen LogP contribution in [0.5, 0.6) is 0 Å². The van der Waals surface area contributed by atoms with Gasteiger partial charge in [-0.15, -0.1) is 0 Å². The van der Waals surface area contributed by atoms with Gasteiger partial charge in [-0.1, -0.05) is 0 Å². The third kappa shape index (κ3) is 2.73. The normalized spacial score (nSPS) is 22.5. The van der Waals surface area contributed by atoms with E-state index in [0.717, 1.165) is 23.7 Å². The zero-order valence-electron chi connectivity index (χ0n) is 7.93. The molecule has 16 heavy (non-hydrogen) atoms. The average Bonchev–Trinajstić information content (AvgIpc) is 2.61. The van der Waals surface area contributed by atoms with Crippen molar-refractivity contribution in [2.45, 2.75) is 30.5 Å². The Morgan fingerprint density at radius 1 is 1.62 bits per heavy atom. The Morgan fingerprint density at radius 3 is 2.94 bits per heavy atom. The van der Waals surface area contributed by atoms with Crippen LogP contribution in [0.25, 0.3) is 0 Å². The van der Waals surface area contributed by atoms with Gasteiger partial charge >= 0.3 is 18.9 Å². The molecule has 0 bridgehead atoms. The molecule has 0 aromatic carbocycles. The van der Waals surface area contributed by atoms with E-state index in [2.05, 4.69) is 5.10 Å². The van der Waals surface area contributed by atoms with Crippen molar-refractivity contribution in [3.63, 3.8) is 0 Å². The number of halogens is 1. The number of aromatic nitrogens is 2. The molecule has 1 N–H and O–H groups in total. The van der Waals surface area contributed by atoms with Crippen molar-refractivity contribution in [3.05, 3.63) is 12.0 Å². The zero-order chi connectivity index (χ0) is 10.8. The molecule has 0 aliphatic carbocycles. The predicted molar refractivity (Wildman–Crippen MR) is 57.2 cm³/mol. The van der Waals surface area contributed by atoms with E-state index in [1.54, 1.807) is 0 Å². The molecule has 2 unspecified atom stereocenters. The Bertz CT molecular complexity index is 381. The van der Waals surface area contributed by atoms with Gasteiger partial charge in [-0.25, -0.2) is 13.3 Å². The van der Waals surface area contributed by atoms with Crippen LogP contribution in [0.4, 0.5) is 4.39 Å². The summed E-state index contributed by atoms with van der Waals surface area (Å²) in [6.07, 6.45) is 3.10. The number of rotatable bonds is 2. The van der Waals surface area contributed by atoms with Crippen molar-refractivity contribution >= 4 is 29.9 Å². The van der Waals surface area contributed by atoms with Crippen LogP contribution in [0.3, 0.4) is 0 Å². The first-order chi connectivity index (χ1) is 7.20. The molecule has 1 aromatic heterocycles. The fourth-order valence-electron chi connectivity index (χ4n) is 1.62. The quantitative estimate of drug-likeness (QED) is 0.611. The summed E-state index contributed by atoms with van der Waals surface area (Å²) < 4.78 is 39.5. The van der Waals surface area contributed by atoms with Gasteiger partial charge in [0.1, 0.15) is 0 Å². The van der Waals surface area contributed by atoms with E-state index >= 15 is 0 Å². The Morgan fingerprint density at radius 2 is 2.38 bits per heavy atom. The number of hydrogen-bond acceptors (Lipinski definition) is 3. The number of nitrogens with zero attached hydrogens (tertiary/aromatic N) is 2. The summed E-state index contributed by atoms with van der Waals surface area (Å²) in [6.45, 7) is 0.573. The molecular formula is C8H12FLiN2O3S. The summed E-state index contributed by atoms with van der Waals surface area (Å²) >= 11 is -2.38. The third-order valence-corrected chi connectivity index (χ3v) is 3.01. The molecule has 1 fully saturated rings. The molecule has 1 aromatic rings. The van der Waals surface area contributed by atoms with Gasteiger partial charge in [-0.05, 0) is 19.3 Å². The molecule has 1 aliphatic rings. The third-order valence-electron chi connectivity index (χ3n) is 2.30. The van der Waals surface area contributed by atoms with Crippen molar-refractivity contribution < 1.29 is 17.9 Å². The van der Waals surface area contributed by atoms with Crippen LogP contribution in [-0.2, 0) is 15.8 Å². The Kier molecular flexibility index (Phi) is 5.15. The predicted octanol–water partition coefficient (Wildman–Crippen LogP) is 0.653. The van der Waals surface area contributed by atoms with Gasteiger partial charge in [-0.2, -0.15) is 5.10 Å². The Labute approximate surface area is 107 Å². The summed E-state index contributed by atoms with van der Waals surface area (Å²) in [4.78, 5) is 0. The van der Waals surface area contributed by atoms with Crippen molar-refractivity contribution in [1.82, 2.24) is 9.78 Å². The van der Waals surface area contributed by atoms with E-state index < -0.39 is 23.1 Å². The molecule has 2 heterocycles. The van der Waals surface area contributed by atoms with E-state index in [9.17, 15) is 8.60 Å². The van der Waals surface area contributed by atoms with Gasteiger partial charge in [0.15, 0.2) is 17.1 Å². The molecule has 1 aliphatic heterocycles. The van der Waals surface area contributed by atoms with Crippen LogP contribution in [0, 0.1) is 5.82 Å². The molecule has 1 saturated heterocycles. The van der Waals surface area contributed by atoms with E-state index in [-0.39, 0.29) is 23.9 Å². The molecule has 2 atom stereocenters. The standard InChI is InChI=1S/C8H11FN2O3S.Li.H/c9-6-5-10-11(8(6)15(12)13)7-3-1-2-4-14-7;;/h5,7H,1-4H2,(H,12,13);;. The van der Waals surface area contributed by atoms with Crippen LogP contribution in [-0.4, -0.2) is 44.0 Å². The molecule has 86 valence electrons. The first-order valence-corrected chi connectivity index (χ1v) is 5.76. The van der Waals surface area contributed by atoms with Gasteiger partial charge in [-0.3, -0.25) is 0 Å². The minimum atomic E-state index is -2.38. The molecule has 0 saturated carbocycles. The zero-order valence-corrected chi connectivity index (χ0v) is 8.74. The Balaban J connectivity index is 0.00000128. The van der Waals surface area contributed by atoms with Crippen LogP contribution in [0.2, 0.25) is 0 Å². The SMILES string of the molecule is O=S(O)c1c(F)cnn1C1CCCCO1.[LiH]. The molecule has 2 rings (SSSR count). The van der Waals surface area contributed by atoms with Crippen molar-refractivity contribution in [2.75, 3.05) is 6.61 Å². The molecule has 0 radical (unpaired) electrons. The van der Waals surface area contributed by atoms with Crippen LogP contribution in [0.15, 0.2) is 11.2 Å². The summed E-state index contributed by atoms with van der Waals surface area (Å²) in [5, 5.41) is 3.41. The molecule has 0 spiro atoms. The summed E-state index contributed by atoms with van der Waals surface area (Å²) in [5.41, 5.74) is 0. The monoisotopic (exact) mass is 242 g/mol. The van der Waals surface area contributed by atoms with Crippen LogP contribution in [0.1, 0.15) is 25.5 Å². The summed E-state index contributed by atoms with van der Waals surface area (Å²) in [6, 6.07) is 0. The van der Waals surface area contributed by atoms with Crippen molar-refractivity contribution in [2.24, 2.45) is 0 Å². The Hall–Kier alpha value is -0.193. The number of ether oxygens (including phenoxy) is 1. The molecule has 5 nitrogen and oxygen atoms in total. The summed E-state index contributed by atoms with van der Waals surface area (Å²) in [7, 11) is 0. The van der Waals surface area contributed by atoms with Gasteiger partial charge < -0.3 is 9.29 Å². The van der Waals surface area contributed by atoms with Crippen molar-refractivity contribution in [3.8, 4) is 0 Å². The molecular weight excluding hydrogens is 230 g/mol. The second kappa shape index (κ2) is 5.94. The van der Waals surface area contributed by atoms with E-state index in [1.165, 1.54) is 0 Å². The van der Waals surface area contributed by atoms with E-state index in [0.29, 0.717) is 13.0 Å². The fraction of sp³-hybridized carbons (Fsp3) is 0.625. The van der Waals surface area contributed by atoms with Crippen LogP contribution < -0.4 is 0 Å². The van der Waals surface area contributed by atoms with E-state index in [1.807, 2.05) is 0 Å². The van der Waals surface area contributed by atoms with Gasteiger partial charge in [0.25, 0.3) is 0 Å². The fourth-order valence-corrected chi connectivity index (χ4v) is 2.16. The van der Waals surface area contributed by atoms with Crippen LogP contribution >= 0.6 is 0 Å². The maximum absolute atomic E-state index is 13.1. The second-order valence-corrected chi connectivity index (χ2v) is 4.20. The topological polar surface area (TPSA) is 64.3 Å². The van der Waals surface area contributed by atoms with Gasteiger partial charge in [0.05, 0.1) is 6.20 Å². The van der Waals surface area contributed by atoms with Crippen molar-refractivity contribution in [1.29, 1.82) is 0 Å². The minimum absolute atomic E-state index is 0. The molecule has 8 heteroatoms. The first kappa shape index (κ1) is 13.9.